The highest BCUT2D eigenvalue weighted by Crippen LogP contribution is 2.28. The summed E-state index contributed by atoms with van der Waals surface area (Å²) in [7, 11) is 0. The van der Waals surface area contributed by atoms with E-state index in [0.29, 0.717) is 29.4 Å². The van der Waals surface area contributed by atoms with Gasteiger partial charge in [-0.1, -0.05) is 12.1 Å². The minimum Gasteiger partial charge on any atom is -0.478 e. The Morgan fingerprint density at radius 2 is 1.88 bits per heavy atom. The van der Waals surface area contributed by atoms with Crippen molar-refractivity contribution in [2.45, 2.75) is 6.54 Å². The molecule has 2 aromatic carbocycles. The molecule has 172 valence electrons. The number of rotatable bonds is 7. The van der Waals surface area contributed by atoms with E-state index in [2.05, 4.69) is 20.6 Å². The number of carbonyl (C=O) groups excluding carboxylic acids is 1. The number of hydrogen-bond acceptors (Lipinski definition) is 5. The topological polar surface area (TPSA) is 142 Å². The van der Waals surface area contributed by atoms with Gasteiger partial charge in [0.05, 0.1) is 22.6 Å². The molecule has 2 aromatic heterocycles. The number of pyridine rings is 1. The number of benzene rings is 2. The van der Waals surface area contributed by atoms with Crippen molar-refractivity contribution in [1.82, 2.24) is 9.97 Å². The number of anilines is 2. The van der Waals surface area contributed by atoms with Gasteiger partial charge in [0.15, 0.2) is 0 Å². The molecule has 2 heterocycles. The van der Waals surface area contributed by atoms with Gasteiger partial charge in [0.2, 0.25) is 0 Å². The maximum absolute atomic E-state index is 14.6. The third kappa shape index (κ3) is 5.37. The van der Waals surface area contributed by atoms with Crippen LogP contribution in [0.3, 0.4) is 0 Å². The van der Waals surface area contributed by atoms with Crippen LogP contribution in [0.15, 0.2) is 73.1 Å². The molecule has 4 rings (SSSR count). The fraction of sp³-hybridized carbons (Fsp3) is 0.0417. The Balaban J connectivity index is 1.43. The van der Waals surface area contributed by atoms with Crippen LogP contribution >= 0.6 is 0 Å². The molecule has 0 bridgehead atoms. The van der Waals surface area contributed by atoms with Crippen molar-refractivity contribution in [3.63, 3.8) is 0 Å². The van der Waals surface area contributed by atoms with Gasteiger partial charge in [-0.2, -0.15) is 0 Å². The van der Waals surface area contributed by atoms with Crippen LogP contribution < -0.4 is 21.1 Å². The first-order valence-electron chi connectivity index (χ1n) is 10.1. The fourth-order valence-corrected chi connectivity index (χ4v) is 3.15. The van der Waals surface area contributed by atoms with Crippen LogP contribution in [-0.2, 0) is 6.54 Å². The maximum Gasteiger partial charge on any atom is 0.337 e. The second-order valence-electron chi connectivity index (χ2n) is 7.21. The van der Waals surface area contributed by atoms with Crippen molar-refractivity contribution in [2.75, 3.05) is 10.6 Å². The molecule has 0 fully saturated rings. The number of nitrogens with two attached hydrogens (primary N) is 1. The van der Waals surface area contributed by atoms with Crippen LogP contribution in [0.1, 0.15) is 15.9 Å². The minimum atomic E-state index is -1.06. The van der Waals surface area contributed by atoms with Gasteiger partial charge in [0.1, 0.15) is 17.3 Å². The van der Waals surface area contributed by atoms with Gasteiger partial charge >= 0.3 is 12.0 Å². The summed E-state index contributed by atoms with van der Waals surface area (Å²) in [6, 6.07) is 15.1. The number of carbonyl (C=O) groups is 2. The lowest BCUT2D eigenvalue weighted by molar-refractivity contribution is 0.0697. The molecule has 0 spiro atoms. The Labute approximate surface area is 193 Å². The molecule has 0 saturated heterocycles. The predicted octanol–water partition coefficient (Wildman–Crippen LogP) is 4.81. The highest BCUT2D eigenvalue weighted by molar-refractivity contribution is 5.99. The van der Waals surface area contributed by atoms with Crippen molar-refractivity contribution in [1.29, 1.82) is 0 Å². The van der Waals surface area contributed by atoms with Crippen LogP contribution in [0.2, 0.25) is 0 Å². The highest BCUT2D eigenvalue weighted by atomic mass is 19.1. The van der Waals surface area contributed by atoms with Gasteiger partial charge in [-0.15, -0.1) is 0 Å². The van der Waals surface area contributed by atoms with Gasteiger partial charge in [-0.3, -0.25) is 4.98 Å². The average molecular weight is 461 g/mol. The molecule has 0 aliphatic rings. The van der Waals surface area contributed by atoms with E-state index in [0.717, 1.165) is 11.6 Å². The largest absolute Gasteiger partial charge is 0.478 e. The van der Waals surface area contributed by atoms with Crippen molar-refractivity contribution in [3.05, 3.63) is 90.0 Å². The normalized spacial score (nSPS) is 10.5. The summed E-state index contributed by atoms with van der Waals surface area (Å²) >= 11 is 0. The molecule has 10 heteroatoms. The monoisotopic (exact) mass is 461 g/mol. The van der Waals surface area contributed by atoms with Gasteiger partial charge in [0.25, 0.3) is 0 Å². The summed E-state index contributed by atoms with van der Waals surface area (Å²) in [5.74, 6) is -1.17. The van der Waals surface area contributed by atoms with Crippen LogP contribution in [0.25, 0.3) is 11.4 Å². The molecule has 0 radical (unpaired) electrons. The lowest BCUT2D eigenvalue weighted by Gasteiger charge is -2.11. The maximum atomic E-state index is 14.6. The van der Waals surface area contributed by atoms with Crippen molar-refractivity contribution < 1.29 is 23.8 Å². The van der Waals surface area contributed by atoms with Crippen molar-refractivity contribution >= 4 is 23.4 Å². The van der Waals surface area contributed by atoms with E-state index in [4.69, 9.17) is 15.6 Å². The molecule has 4 aromatic rings. The lowest BCUT2D eigenvalue weighted by atomic mass is 10.2. The van der Waals surface area contributed by atoms with Crippen LogP contribution in [0.4, 0.5) is 20.6 Å². The standard InChI is InChI=1S/C24H20FN5O4/c25-19-10-17(4-5-20(19)30-24(33)29-16-3-1-2-14(8-16)12-26)34-18-6-7-27-22(11-18)21-9-15(13-28-21)23(31)32/h1-11,13,28H,12,26H2,(H,31,32)(H2,29,30,33). The number of amides is 2. The highest BCUT2D eigenvalue weighted by Gasteiger charge is 2.12. The van der Waals surface area contributed by atoms with Crippen LogP contribution in [-0.4, -0.2) is 27.1 Å². The van der Waals surface area contributed by atoms with Gasteiger partial charge < -0.3 is 31.2 Å². The zero-order valence-corrected chi connectivity index (χ0v) is 17.7. The Hall–Kier alpha value is -4.70. The van der Waals surface area contributed by atoms with Crippen molar-refractivity contribution in [2.24, 2.45) is 5.73 Å². The van der Waals surface area contributed by atoms with E-state index in [-0.39, 0.29) is 17.0 Å². The number of aromatic carboxylic acids is 1. The van der Waals surface area contributed by atoms with E-state index in [1.165, 1.54) is 30.6 Å². The Morgan fingerprint density at radius 3 is 2.62 bits per heavy atom. The zero-order chi connectivity index (χ0) is 24.1. The van der Waals surface area contributed by atoms with Gasteiger partial charge in [-0.25, -0.2) is 14.0 Å². The van der Waals surface area contributed by atoms with Gasteiger partial charge in [0, 0.05) is 36.8 Å². The third-order valence-electron chi connectivity index (χ3n) is 4.78. The first-order chi connectivity index (χ1) is 16.4. The molecule has 0 saturated carbocycles. The fourth-order valence-electron chi connectivity index (χ4n) is 3.15. The first kappa shape index (κ1) is 22.5. The second-order valence-corrected chi connectivity index (χ2v) is 7.21. The number of H-pyrrole nitrogens is 1. The first-order valence-corrected chi connectivity index (χ1v) is 10.1. The molecule has 0 aliphatic heterocycles. The number of ether oxygens (including phenoxy) is 1. The van der Waals surface area contributed by atoms with Crippen LogP contribution in [0.5, 0.6) is 11.5 Å². The van der Waals surface area contributed by atoms with Crippen molar-refractivity contribution in [3.8, 4) is 22.9 Å². The predicted molar refractivity (Wildman–Crippen MR) is 124 cm³/mol. The second kappa shape index (κ2) is 9.84. The number of carboxylic acid groups (broad SMARTS) is 1. The SMILES string of the molecule is NCc1cccc(NC(=O)Nc2ccc(Oc3ccnc(-c4cc(C(=O)O)c[nH]4)c3)cc2F)c1. The summed E-state index contributed by atoms with van der Waals surface area (Å²) in [5.41, 5.74) is 8.01. The Kier molecular flexibility index (Phi) is 6.51. The lowest BCUT2D eigenvalue weighted by Crippen LogP contribution is -2.20. The molecule has 34 heavy (non-hydrogen) atoms. The molecule has 2 amide bonds. The van der Waals surface area contributed by atoms with E-state index < -0.39 is 17.8 Å². The smallest absolute Gasteiger partial charge is 0.337 e. The molecule has 0 unspecified atom stereocenters. The molecular weight excluding hydrogens is 441 g/mol. The molecular formula is C24H20FN5O4. The Morgan fingerprint density at radius 1 is 1.06 bits per heavy atom. The number of nitrogens with zero attached hydrogens (tertiary/aromatic N) is 1. The molecule has 9 nitrogen and oxygen atoms in total. The number of halogens is 1. The summed E-state index contributed by atoms with van der Waals surface area (Å²) in [6.45, 7) is 0.334. The van der Waals surface area contributed by atoms with E-state index in [1.807, 2.05) is 6.07 Å². The summed E-state index contributed by atoms with van der Waals surface area (Å²) in [5, 5.41) is 14.1. The summed E-state index contributed by atoms with van der Waals surface area (Å²) in [6.07, 6.45) is 2.85. The van der Waals surface area contributed by atoms with E-state index in [1.54, 1.807) is 30.3 Å². The number of carboxylic acids is 1. The summed E-state index contributed by atoms with van der Waals surface area (Å²) < 4.78 is 20.3. The van der Waals surface area contributed by atoms with E-state index in [9.17, 15) is 14.0 Å². The van der Waals surface area contributed by atoms with Gasteiger partial charge in [-0.05, 0) is 42.0 Å². The van der Waals surface area contributed by atoms with E-state index >= 15 is 0 Å². The number of aromatic nitrogens is 2. The zero-order valence-electron chi connectivity index (χ0n) is 17.7. The number of aromatic amines is 1. The Bertz CT molecular complexity index is 1350. The third-order valence-corrected chi connectivity index (χ3v) is 4.78. The number of urea groups is 1. The number of nitrogens with one attached hydrogen (secondary N) is 3. The molecule has 6 N–H and O–H groups in total. The number of hydrogen-bond donors (Lipinski definition) is 5. The molecule has 0 atom stereocenters. The quantitative estimate of drug-likeness (QED) is 0.267. The average Bonchev–Trinajstić information content (AvgIpc) is 3.32. The summed E-state index contributed by atoms with van der Waals surface area (Å²) in [4.78, 5) is 30.3. The minimum absolute atomic E-state index is 0.0252. The van der Waals surface area contributed by atoms with Crippen LogP contribution in [0, 0.1) is 5.82 Å². The molecule has 0 aliphatic carbocycles.